The Hall–Kier alpha value is -1.45. The molecule has 2 nitrogen and oxygen atoms in total. The van der Waals surface area contributed by atoms with E-state index in [1.54, 1.807) is 0 Å². The van der Waals surface area contributed by atoms with Crippen LogP contribution in [0.25, 0.3) is 0 Å². The van der Waals surface area contributed by atoms with Crippen molar-refractivity contribution in [2.45, 2.75) is 18.7 Å². The summed E-state index contributed by atoms with van der Waals surface area (Å²) in [5, 5.41) is 1.35. The number of hydrogen-bond acceptors (Lipinski definition) is 2. The maximum Gasteiger partial charge on any atom is 0.154 e. The summed E-state index contributed by atoms with van der Waals surface area (Å²) in [5.41, 5.74) is 8.21. The maximum absolute atomic E-state index is 6.12. The van der Waals surface area contributed by atoms with Gasteiger partial charge in [-0.2, -0.15) is 0 Å². The molecule has 0 aliphatic heterocycles. The normalized spacial score (nSPS) is 13.2. The quantitative estimate of drug-likeness (QED) is 0.659. The van der Waals surface area contributed by atoms with Crippen LogP contribution in [-0.4, -0.2) is 5.17 Å². The van der Waals surface area contributed by atoms with Crippen molar-refractivity contribution in [2.24, 2.45) is 10.7 Å². The third-order valence-corrected chi connectivity index (χ3v) is 4.16. The van der Waals surface area contributed by atoms with E-state index < -0.39 is 0 Å². The lowest BCUT2D eigenvalue weighted by molar-refractivity contribution is 0.822. The van der Waals surface area contributed by atoms with Crippen LogP contribution >= 0.6 is 23.4 Å². The predicted octanol–water partition coefficient (Wildman–Crippen LogP) is 4.65. The van der Waals surface area contributed by atoms with Gasteiger partial charge in [-0.15, -0.1) is 0 Å². The average molecular weight is 305 g/mol. The number of amidine groups is 1. The molecule has 4 heteroatoms. The van der Waals surface area contributed by atoms with E-state index in [4.69, 9.17) is 17.3 Å². The van der Waals surface area contributed by atoms with Crippen molar-refractivity contribution in [3.63, 3.8) is 0 Å². The molecule has 0 aliphatic carbocycles. The molecule has 2 aromatic rings. The number of halogens is 1. The van der Waals surface area contributed by atoms with Crippen LogP contribution in [0.15, 0.2) is 59.6 Å². The monoisotopic (exact) mass is 304 g/mol. The Kier molecular flexibility index (Phi) is 5.50. The first-order chi connectivity index (χ1) is 9.66. The van der Waals surface area contributed by atoms with Gasteiger partial charge < -0.3 is 5.73 Å². The summed E-state index contributed by atoms with van der Waals surface area (Å²) < 4.78 is 0. The zero-order valence-corrected chi connectivity index (χ0v) is 12.9. The molecule has 0 aromatic heterocycles. The fourth-order valence-electron chi connectivity index (χ4n) is 1.80. The molecule has 0 heterocycles. The van der Waals surface area contributed by atoms with Crippen LogP contribution in [0, 0.1) is 0 Å². The molecule has 20 heavy (non-hydrogen) atoms. The van der Waals surface area contributed by atoms with Gasteiger partial charge in [-0.05, 0) is 24.1 Å². The minimum atomic E-state index is 0.0648. The van der Waals surface area contributed by atoms with Crippen molar-refractivity contribution < 1.29 is 0 Å². The molecule has 0 unspecified atom stereocenters. The second-order valence-electron chi connectivity index (χ2n) is 4.43. The molecule has 0 spiro atoms. The van der Waals surface area contributed by atoms with Crippen LogP contribution < -0.4 is 5.73 Å². The van der Waals surface area contributed by atoms with Crippen molar-refractivity contribution in [3.05, 3.63) is 70.7 Å². The zero-order valence-electron chi connectivity index (χ0n) is 11.3. The van der Waals surface area contributed by atoms with E-state index in [-0.39, 0.29) is 6.04 Å². The first-order valence-corrected chi connectivity index (χ1v) is 7.77. The van der Waals surface area contributed by atoms with Crippen LogP contribution in [0.2, 0.25) is 5.02 Å². The molecule has 2 aromatic carbocycles. The summed E-state index contributed by atoms with van der Waals surface area (Å²) in [4.78, 5) is 4.51. The van der Waals surface area contributed by atoms with Crippen LogP contribution in [0.1, 0.15) is 24.1 Å². The van der Waals surface area contributed by atoms with Gasteiger partial charge >= 0.3 is 0 Å². The van der Waals surface area contributed by atoms with Gasteiger partial charge in [0.15, 0.2) is 5.17 Å². The first-order valence-electron chi connectivity index (χ1n) is 6.41. The van der Waals surface area contributed by atoms with Crippen LogP contribution in [0.4, 0.5) is 0 Å². The van der Waals surface area contributed by atoms with Crippen molar-refractivity contribution in [3.8, 4) is 0 Å². The minimum Gasteiger partial charge on any atom is -0.379 e. The number of nitrogens with zero attached hydrogens (tertiary/aromatic N) is 1. The predicted molar refractivity (Wildman–Crippen MR) is 89.2 cm³/mol. The third kappa shape index (κ3) is 4.29. The van der Waals surface area contributed by atoms with E-state index >= 15 is 0 Å². The lowest BCUT2D eigenvalue weighted by Gasteiger charge is -2.09. The first kappa shape index (κ1) is 14.9. The molecular formula is C16H17ClN2S. The topological polar surface area (TPSA) is 38.4 Å². The van der Waals surface area contributed by atoms with Gasteiger partial charge in [0.05, 0.1) is 6.04 Å². The summed E-state index contributed by atoms with van der Waals surface area (Å²) in [5.74, 6) is 0.733. The van der Waals surface area contributed by atoms with Crippen LogP contribution in [-0.2, 0) is 5.75 Å². The van der Waals surface area contributed by atoms with Gasteiger partial charge in [-0.25, -0.2) is 0 Å². The van der Waals surface area contributed by atoms with E-state index in [9.17, 15) is 0 Å². The largest absolute Gasteiger partial charge is 0.379 e. The van der Waals surface area contributed by atoms with E-state index in [0.717, 1.165) is 21.9 Å². The van der Waals surface area contributed by atoms with Crippen molar-refractivity contribution >= 4 is 28.5 Å². The number of rotatable bonds is 4. The average Bonchev–Trinajstić information content (AvgIpc) is 2.47. The van der Waals surface area contributed by atoms with Crippen molar-refractivity contribution in [1.82, 2.24) is 0 Å². The highest BCUT2D eigenvalue weighted by Crippen LogP contribution is 2.22. The molecule has 1 atom stereocenters. The summed E-state index contributed by atoms with van der Waals surface area (Å²) >= 11 is 7.63. The number of hydrogen-bond donors (Lipinski definition) is 1. The highest BCUT2D eigenvalue weighted by Gasteiger charge is 2.05. The Morgan fingerprint density at radius 2 is 1.80 bits per heavy atom. The number of nitrogens with two attached hydrogens (primary N) is 1. The smallest absolute Gasteiger partial charge is 0.154 e. The van der Waals surface area contributed by atoms with Crippen LogP contribution in [0.5, 0.6) is 0 Å². The number of thioether (sulfide) groups is 1. The van der Waals surface area contributed by atoms with Gasteiger partial charge in [-0.3, -0.25) is 4.99 Å². The molecular weight excluding hydrogens is 288 g/mol. The minimum absolute atomic E-state index is 0.0648. The maximum atomic E-state index is 6.12. The van der Waals surface area contributed by atoms with Crippen molar-refractivity contribution in [2.75, 3.05) is 0 Å². The summed E-state index contributed by atoms with van der Waals surface area (Å²) in [6.45, 7) is 2.04. The standard InChI is InChI=1S/C16H17ClN2S/c1-12(13-7-3-2-4-8-13)19-16(18)20-11-14-9-5-6-10-15(14)17/h2-10,12H,11H2,1H3,(H2,18,19)/t12-/m1/s1. The molecule has 104 valence electrons. The Morgan fingerprint density at radius 3 is 2.50 bits per heavy atom. The second-order valence-corrected chi connectivity index (χ2v) is 5.84. The van der Waals surface area contributed by atoms with E-state index in [1.807, 2.05) is 49.4 Å². The summed E-state index contributed by atoms with van der Waals surface area (Å²) in [6.07, 6.45) is 0. The SMILES string of the molecule is C[C@@H](N=C(N)SCc1ccccc1Cl)c1ccccc1. The van der Waals surface area contributed by atoms with Gasteiger partial charge in [0.25, 0.3) is 0 Å². The summed E-state index contributed by atoms with van der Waals surface area (Å²) in [7, 11) is 0. The molecule has 0 amide bonds. The van der Waals surface area contributed by atoms with Gasteiger partial charge in [0.1, 0.15) is 0 Å². The van der Waals surface area contributed by atoms with E-state index in [2.05, 4.69) is 17.1 Å². The second kappa shape index (κ2) is 7.36. The summed E-state index contributed by atoms with van der Waals surface area (Å²) in [6, 6.07) is 18.0. The van der Waals surface area contributed by atoms with E-state index in [0.29, 0.717) is 5.17 Å². The molecule has 0 aliphatic rings. The Morgan fingerprint density at radius 1 is 1.15 bits per heavy atom. The highest BCUT2D eigenvalue weighted by atomic mass is 35.5. The molecule has 2 N–H and O–H groups in total. The third-order valence-electron chi connectivity index (χ3n) is 2.94. The lowest BCUT2D eigenvalue weighted by Crippen LogP contribution is -2.09. The molecule has 0 radical (unpaired) electrons. The van der Waals surface area contributed by atoms with Crippen molar-refractivity contribution in [1.29, 1.82) is 0 Å². The van der Waals surface area contributed by atoms with Gasteiger partial charge in [0.2, 0.25) is 0 Å². The Bertz CT molecular complexity index is 584. The number of aliphatic imine (C=N–C) groups is 1. The molecule has 2 rings (SSSR count). The van der Waals surface area contributed by atoms with E-state index in [1.165, 1.54) is 11.8 Å². The molecule has 0 bridgehead atoms. The fraction of sp³-hybridized carbons (Fsp3) is 0.188. The Balaban J connectivity index is 1.96. The molecule has 0 fully saturated rings. The van der Waals surface area contributed by atoms with Gasteiger partial charge in [0, 0.05) is 10.8 Å². The lowest BCUT2D eigenvalue weighted by atomic mass is 10.1. The molecule has 0 saturated carbocycles. The Labute approximate surface area is 129 Å². The zero-order chi connectivity index (χ0) is 14.4. The highest BCUT2D eigenvalue weighted by molar-refractivity contribution is 8.13. The fourth-order valence-corrected chi connectivity index (χ4v) is 2.87. The van der Waals surface area contributed by atoms with Gasteiger partial charge in [-0.1, -0.05) is 71.9 Å². The molecule has 0 saturated heterocycles. The van der Waals surface area contributed by atoms with Crippen LogP contribution in [0.3, 0.4) is 0 Å². The number of benzene rings is 2.